The summed E-state index contributed by atoms with van der Waals surface area (Å²) in [5.41, 5.74) is 0.609. The van der Waals surface area contributed by atoms with Gasteiger partial charge < -0.3 is 10.2 Å². The Morgan fingerprint density at radius 3 is 2.06 bits per heavy atom. The predicted octanol–water partition coefficient (Wildman–Crippen LogP) is 5.79. The number of hydrogen-bond donors (Lipinski definition) is 1. The highest BCUT2D eigenvalue weighted by molar-refractivity contribution is 7.92. The third-order valence-electron chi connectivity index (χ3n) is 5.65. The van der Waals surface area contributed by atoms with Crippen LogP contribution in [0.1, 0.15) is 39.2 Å². The lowest BCUT2D eigenvalue weighted by atomic mass is 10.1. The fourth-order valence-electron chi connectivity index (χ4n) is 3.47. The summed E-state index contributed by atoms with van der Waals surface area (Å²) in [7, 11) is -3.91. The molecule has 12 heteroatoms. The van der Waals surface area contributed by atoms with Crippen molar-refractivity contribution < 1.29 is 18.0 Å². The van der Waals surface area contributed by atoms with E-state index in [1.807, 2.05) is 13.8 Å². The van der Waals surface area contributed by atoms with Crippen LogP contribution in [0.2, 0.25) is 20.1 Å². The first-order valence-electron chi connectivity index (χ1n) is 11.3. The maximum atomic E-state index is 13.7. The molecular weight excluding hydrogens is 568 g/mol. The second kappa shape index (κ2) is 13.2. The smallest absolute Gasteiger partial charge is 0.244 e. The van der Waals surface area contributed by atoms with Gasteiger partial charge >= 0.3 is 0 Å². The van der Waals surface area contributed by atoms with Crippen LogP contribution in [0.15, 0.2) is 36.4 Å². The molecule has 2 rings (SSSR count). The third-order valence-corrected chi connectivity index (χ3v) is 8.24. The first-order valence-corrected chi connectivity index (χ1v) is 14.6. The van der Waals surface area contributed by atoms with Crippen molar-refractivity contribution in [2.45, 2.75) is 52.2 Å². The number of anilines is 1. The minimum absolute atomic E-state index is 0.0945. The highest BCUT2D eigenvalue weighted by Crippen LogP contribution is 2.30. The van der Waals surface area contributed by atoms with Gasteiger partial charge in [0.1, 0.15) is 12.6 Å². The molecule has 1 N–H and O–H groups in total. The van der Waals surface area contributed by atoms with Gasteiger partial charge in [-0.25, -0.2) is 8.42 Å². The van der Waals surface area contributed by atoms with Crippen LogP contribution in [0, 0.1) is 0 Å². The molecule has 0 aliphatic heterocycles. The Hall–Kier alpha value is -1.71. The minimum Gasteiger partial charge on any atom is -0.352 e. The van der Waals surface area contributed by atoms with Crippen LogP contribution in [0.4, 0.5) is 5.69 Å². The van der Waals surface area contributed by atoms with E-state index in [0.717, 1.165) is 10.6 Å². The average Bonchev–Trinajstić information content (AvgIpc) is 2.80. The Bertz CT molecular complexity index is 1190. The zero-order chi connectivity index (χ0) is 27.2. The molecule has 2 aromatic carbocycles. The number of hydrogen-bond acceptors (Lipinski definition) is 4. The van der Waals surface area contributed by atoms with Gasteiger partial charge in [-0.2, -0.15) is 0 Å². The lowest BCUT2D eigenvalue weighted by Gasteiger charge is -2.33. The van der Waals surface area contributed by atoms with E-state index in [1.54, 1.807) is 25.1 Å². The van der Waals surface area contributed by atoms with Gasteiger partial charge in [-0.05, 0) is 50.1 Å². The Labute approximate surface area is 232 Å². The maximum Gasteiger partial charge on any atom is 0.244 e. The largest absolute Gasteiger partial charge is 0.352 e. The number of amides is 2. The average molecular weight is 597 g/mol. The van der Waals surface area contributed by atoms with Gasteiger partial charge in [0, 0.05) is 28.2 Å². The molecule has 2 aromatic rings. The molecule has 2 atom stereocenters. The number of nitrogens with one attached hydrogen (secondary N) is 1. The van der Waals surface area contributed by atoms with E-state index in [4.69, 9.17) is 46.4 Å². The third kappa shape index (κ3) is 7.89. The quantitative estimate of drug-likeness (QED) is 0.356. The number of rotatable bonds is 11. The van der Waals surface area contributed by atoms with E-state index >= 15 is 0 Å². The predicted molar refractivity (Wildman–Crippen MR) is 148 cm³/mol. The number of carbonyl (C=O) groups is 2. The second-order valence-electron chi connectivity index (χ2n) is 8.33. The molecular formula is C24H29Cl4N3O4S. The van der Waals surface area contributed by atoms with Crippen LogP contribution < -0.4 is 9.62 Å². The van der Waals surface area contributed by atoms with E-state index < -0.39 is 28.5 Å². The zero-order valence-corrected chi connectivity index (χ0v) is 24.2. The Morgan fingerprint density at radius 1 is 0.944 bits per heavy atom. The lowest BCUT2D eigenvalue weighted by molar-refractivity contribution is -0.140. The van der Waals surface area contributed by atoms with Crippen LogP contribution >= 0.6 is 46.4 Å². The summed E-state index contributed by atoms with van der Waals surface area (Å²) in [6, 6.07) is 8.17. The van der Waals surface area contributed by atoms with Crippen LogP contribution in [0.25, 0.3) is 0 Å². The number of sulfonamides is 1. The number of benzene rings is 2. The summed E-state index contributed by atoms with van der Waals surface area (Å²) < 4.78 is 26.3. The highest BCUT2D eigenvalue weighted by Gasteiger charge is 2.33. The van der Waals surface area contributed by atoms with Gasteiger partial charge in [-0.15, -0.1) is 0 Å². The summed E-state index contributed by atoms with van der Waals surface area (Å²) in [5.74, 6) is -0.975. The fraction of sp³-hybridized carbons (Fsp3) is 0.417. The number of carbonyl (C=O) groups excluding carboxylic acids is 2. The minimum atomic E-state index is -3.91. The standard InChI is InChI=1S/C24H29Cl4N3O4S/c1-5-15(3)29-24(33)22(6-2)30(13-17-18(25)8-7-9-19(17)26)23(32)14-31(36(4,34)35)16-10-11-20(27)21(28)12-16/h7-12,15,22H,5-6,13-14H2,1-4H3,(H,29,33). The highest BCUT2D eigenvalue weighted by atomic mass is 35.5. The van der Waals surface area contributed by atoms with Crippen molar-refractivity contribution in [3.8, 4) is 0 Å². The topological polar surface area (TPSA) is 86.8 Å². The van der Waals surface area contributed by atoms with Gasteiger partial charge in [0.05, 0.1) is 22.0 Å². The first-order chi connectivity index (χ1) is 16.8. The number of halogens is 4. The molecule has 0 fully saturated rings. The molecule has 2 unspecified atom stereocenters. The number of nitrogens with zero attached hydrogens (tertiary/aromatic N) is 2. The van der Waals surface area contributed by atoms with Gasteiger partial charge in [-0.1, -0.05) is 66.3 Å². The van der Waals surface area contributed by atoms with Crippen molar-refractivity contribution in [2.24, 2.45) is 0 Å². The summed E-state index contributed by atoms with van der Waals surface area (Å²) in [6.45, 7) is 4.88. The van der Waals surface area contributed by atoms with Crippen LogP contribution in [-0.2, 0) is 26.2 Å². The summed E-state index contributed by atoms with van der Waals surface area (Å²) in [5, 5.41) is 3.91. The molecule has 0 radical (unpaired) electrons. The molecule has 7 nitrogen and oxygen atoms in total. The molecule has 0 spiro atoms. The summed E-state index contributed by atoms with van der Waals surface area (Å²) >= 11 is 24.8. The van der Waals surface area contributed by atoms with Crippen LogP contribution in [0.5, 0.6) is 0 Å². The van der Waals surface area contributed by atoms with E-state index in [1.165, 1.54) is 23.1 Å². The van der Waals surface area contributed by atoms with E-state index in [2.05, 4.69) is 5.32 Å². The molecule has 0 saturated heterocycles. The fourth-order valence-corrected chi connectivity index (χ4v) is 5.12. The van der Waals surface area contributed by atoms with Crippen LogP contribution in [-0.4, -0.2) is 50.0 Å². The Morgan fingerprint density at radius 2 is 1.56 bits per heavy atom. The Balaban J connectivity index is 2.52. The molecule has 2 amide bonds. The van der Waals surface area contributed by atoms with Gasteiger partial charge in [0.2, 0.25) is 21.8 Å². The molecule has 0 aliphatic carbocycles. The first kappa shape index (κ1) is 30.5. The van der Waals surface area contributed by atoms with E-state index in [9.17, 15) is 18.0 Å². The molecule has 0 aliphatic rings. The van der Waals surface area contributed by atoms with Crippen LogP contribution in [0.3, 0.4) is 0 Å². The monoisotopic (exact) mass is 595 g/mol. The van der Waals surface area contributed by atoms with Crippen molar-refractivity contribution in [3.05, 3.63) is 62.1 Å². The van der Waals surface area contributed by atoms with Gasteiger partial charge in [-0.3, -0.25) is 13.9 Å². The molecule has 0 saturated carbocycles. The molecule has 0 heterocycles. The van der Waals surface area contributed by atoms with E-state index in [-0.39, 0.29) is 40.6 Å². The van der Waals surface area contributed by atoms with Crippen molar-refractivity contribution in [1.82, 2.24) is 10.2 Å². The van der Waals surface area contributed by atoms with Crippen molar-refractivity contribution in [3.63, 3.8) is 0 Å². The van der Waals surface area contributed by atoms with Crippen molar-refractivity contribution >= 4 is 73.9 Å². The zero-order valence-electron chi connectivity index (χ0n) is 20.4. The van der Waals surface area contributed by atoms with Crippen molar-refractivity contribution in [1.29, 1.82) is 0 Å². The summed E-state index contributed by atoms with van der Waals surface area (Å²) in [6.07, 6.45) is 1.96. The normalized spacial score (nSPS) is 13.1. The second-order valence-corrected chi connectivity index (χ2v) is 11.9. The molecule has 198 valence electrons. The van der Waals surface area contributed by atoms with E-state index in [0.29, 0.717) is 22.0 Å². The van der Waals surface area contributed by atoms with Crippen molar-refractivity contribution in [2.75, 3.05) is 17.1 Å². The Kier molecular flexibility index (Phi) is 11.2. The SMILES string of the molecule is CCC(C)NC(=O)C(CC)N(Cc1c(Cl)cccc1Cl)C(=O)CN(c1ccc(Cl)c(Cl)c1)S(C)(=O)=O. The lowest BCUT2D eigenvalue weighted by Crippen LogP contribution is -2.53. The molecule has 0 aromatic heterocycles. The maximum absolute atomic E-state index is 13.7. The van der Waals surface area contributed by atoms with Gasteiger partial charge in [0.25, 0.3) is 0 Å². The molecule has 0 bridgehead atoms. The molecule has 36 heavy (non-hydrogen) atoms. The summed E-state index contributed by atoms with van der Waals surface area (Å²) in [4.78, 5) is 28.2. The van der Waals surface area contributed by atoms with Gasteiger partial charge in [0.15, 0.2) is 0 Å².